The van der Waals surface area contributed by atoms with Crippen LogP contribution in [0.4, 0.5) is 0 Å². The van der Waals surface area contributed by atoms with Crippen LogP contribution in [0, 0.1) is 11.8 Å². The Balaban J connectivity index is 1.45. The van der Waals surface area contributed by atoms with Crippen molar-refractivity contribution in [3.63, 3.8) is 0 Å². The molecule has 0 spiro atoms. The molecule has 0 bridgehead atoms. The van der Waals surface area contributed by atoms with E-state index < -0.39 is 0 Å². The zero-order valence-electron chi connectivity index (χ0n) is 10.5. The Hall–Kier alpha value is -0.520. The highest BCUT2D eigenvalue weighted by molar-refractivity contribution is 5.10. The fourth-order valence-electron chi connectivity index (χ4n) is 3.16. The van der Waals surface area contributed by atoms with Crippen molar-refractivity contribution >= 4 is 0 Å². The predicted octanol–water partition coefficient (Wildman–Crippen LogP) is 5.26. The van der Waals surface area contributed by atoms with Crippen molar-refractivity contribution in [1.82, 2.24) is 0 Å². The maximum absolute atomic E-state index is 2.39. The van der Waals surface area contributed by atoms with E-state index in [2.05, 4.69) is 24.3 Å². The summed E-state index contributed by atoms with van der Waals surface area (Å²) in [5, 5.41) is 0. The quantitative estimate of drug-likeness (QED) is 0.533. The van der Waals surface area contributed by atoms with Crippen LogP contribution >= 0.6 is 0 Å². The SMILES string of the molecule is C1=CCC(CCCCCC2CCCC2)C=C1. The maximum atomic E-state index is 2.39. The molecule has 2 aliphatic rings. The van der Waals surface area contributed by atoms with E-state index in [4.69, 9.17) is 0 Å². The Bertz CT molecular complexity index is 230. The van der Waals surface area contributed by atoms with Crippen molar-refractivity contribution in [2.24, 2.45) is 11.8 Å². The van der Waals surface area contributed by atoms with Crippen molar-refractivity contribution < 1.29 is 0 Å². The van der Waals surface area contributed by atoms with Gasteiger partial charge in [-0.1, -0.05) is 75.7 Å². The fourth-order valence-corrected chi connectivity index (χ4v) is 3.16. The minimum absolute atomic E-state index is 0.844. The van der Waals surface area contributed by atoms with Gasteiger partial charge in [-0.25, -0.2) is 0 Å². The number of rotatable bonds is 6. The molecular formula is C16H26. The number of unbranched alkanes of at least 4 members (excludes halogenated alkanes) is 2. The molecule has 0 heterocycles. The second-order valence-corrected chi connectivity index (χ2v) is 5.60. The molecule has 0 N–H and O–H groups in total. The summed E-state index contributed by atoms with van der Waals surface area (Å²) in [6.45, 7) is 0. The van der Waals surface area contributed by atoms with E-state index in [0.717, 1.165) is 11.8 Å². The molecule has 1 atom stereocenters. The molecule has 0 aromatic heterocycles. The maximum Gasteiger partial charge on any atom is -0.0196 e. The summed E-state index contributed by atoms with van der Waals surface area (Å²) in [6.07, 6.45) is 23.7. The summed E-state index contributed by atoms with van der Waals surface area (Å²) in [4.78, 5) is 0. The summed E-state index contributed by atoms with van der Waals surface area (Å²) < 4.78 is 0. The first kappa shape index (κ1) is 12.0. The Morgan fingerprint density at radius 2 is 1.69 bits per heavy atom. The molecule has 16 heavy (non-hydrogen) atoms. The number of allylic oxidation sites excluding steroid dienone is 4. The highest BCUT2D eigenvalue weighted by atomic mass is 14.2. The molecule has 0 heteroatoms. The molecule has 2 rings (SSSR count). The van der Waals surface area contributed by atoms with E-state index in [1.165, 1.54) is 64.2 Å². The van der Waals surface area contributed by atoms with Crippen LogP contribution < -0.4 is 0 Å². The molecule has 0 aromatic rings. The zero-order chi connectivity index (χ0) is 11.1. The molecule has 0 nitrogen and oxygen atoms in total. The van der Waals surface area contributed by atoms with Gasteiger partial charge in [0.2, 0.25) is 0 Å². The fraction of sp³-hybridized carbons (Fsp3) is 0.750. The van der Waals surface area contributed by atoms with Crippen LogP contribution in [0.25, 0.3) is 0 Å². The average Bonchev–Trinajstić information content (AvgIpc) is 2.83. The highest BCUT2D eigenvalue weighted by Crippen LogP contribution is 2.29. The standard InChI is InChI=1S/C16H26/c1-3-9-15(10-4-1)11-5-2-6-12-16-13-7-8-14-16/h1,3-4,9,15-16H,2,5-8,10-14H2. The summed E-state index contributed by atoms with van der Waals surface area (Å²) in [7, 11) is 0. The zero-order valence-corrected chi connectivity index (χ0v) is 10.5. The lowest BCUT2D eigenvalue weighted by atomic mass is 9.93. The van der Waals surface area contributed by atoms with Gasteiger partial charge in [0.25, 0.3) is 0 Å². The van der Waals surface area contributed by atoms with Gasteiger partial charge in [0.1, 0.15) is 0 Å². The van der Waals surface area contributed by atoms with Gasteiger partial charge in [0.05, 0.1) is 0 Å². The second kappa shape index (κ2) is 6.93. The molecule has 2 aliphatic carbocycles. The molecule has 0 saturated heterocycles. The molecular weight excluding hydrogens is 192 g/mol. The van der Waals surface area contributed by atoms with Gasteiger partial charge in [-0.2, -0.15) is 0 Å². The van der Waals surface area contributed by atoms with E-state index in [9.17, 15) is 0 Å². The number of hydrogen-bond donors (Lipinski definition) is 0. The van der Waals surface area contributed by atoms with Gasteiger partial charge < -0.3 is 0 Å². The van der Waals surface area contributed by atoms with E-state index in [-0.39, 0.29) is 0 Å². The van der Waals surface area contributed by atoms with Crippen LogP contribution in [0.2, 0.25) is 0 Å². The van der Waals surface area contributed by atoms with E-state index >= 15 is 0 Å². The van der Waals surface area contributed by atoms with Crippen molar-refractivity contribution in [2.45, 2.75) is 64.2 Å². The first-order valence-corrected chi connectivity index (χ1v) is 7.28. The summed E-state index contributed by atoms with van der Waals surface area (Å²) in [6, 6.07) is 0. The van der Waals surface area contributed by atoms with Crippen LogP contribution in [0.3, 0.4) is 0 Å². The monoisotopic (exact) mass is 218 g/mol. The molecule has 0 amide bonds. The highest BCUT2D eigenvalue weighted by Gasteiger charge is 2.14. The second-order valence-electron chi connectivity index (χ2n) is 5.60. The van der Waals surface area contributed by atoms with Crippen molar-refractivity contribution in [2.75, 3.05) is 0 Å². The minimum Gasteiger partial charge on any atom is -0.0840 e. The van der Waals surface area contributed by atoms with Gasteiger partial charge in [-0.3, -0.25) is 0 Å². The Morgan fingerprint density at radius 1 is 0.875 bits per heavy atom. The van der Waals surface area contributed by atoms with Crippen LogP contribution in [-0.2, 0) is 0 Å². The lowest BCUT2D eigenvalue weighted by molar-refractivity contribution is 0.452. The topological polar surface area (TPSA) is 0 Å². The third kappa shape index (κ3) is 4.15. The minimum atomic E-state index is 0.844. The van der Waals surface area contributed by atoms with Gasteiger partial charge >= 0.3 is 0 Å². The van der Waals surface area contributed by atoms with E-state index in [1.807, 2.05) is 0 Å². The summed E-state index contributed by atoms with van der Waals surface area (Å²) >= 11 is 0. The lowest BCUT2D eigenvalue weighted by Gasteiger charge is -2.13. The molecule has 1 fully saturated rings. The molecule has 0 radical (unpaired) electrons. The Labute approximate surface area is 101 Å². The first-order valence-electron chi connectivity index (χ1n) is 7.28. The molecule has 90 valence electrons. The van der Waals surface area contributed by atoms with Crippen LogP contribution in [-0.4, -0.2) is 0 Å². The van der Waals surface area contributed by atoms with E-state index in [1.54, 1.807) is 0 Å². The van der Waals surface area contributed by atoms with E-state index in [0.29, 0.717) is 0 Å². The largest absolute Gasteiger partial charge is 0.0840 e. The van der Waals surface area contributed by atoms with Crippen LogP contribution in [0.5, 0.6) is 0 Å². The molecule has 1 saturated carbocycles. The number of hydrogen-bond acceptors (Lipinski definition) is 0. The predicted molar refractivity (Wildman–Crippen MR) is 71.4 cm³/mol. The average molecular weight is 218 g/mol. The smallest absolute Gasteiger partial charge is 0.0196 e. The summed E-state index contributed by atoms with van der Waals surface area (Å²) in [5.74, 6) is 1.94. The molecule has 0 aliphatic heterocycles. The van der Waals surface area contributed by atoms with Gasteiger partial charge in [0, 0.05) is 0 Å². The Morgan fingerprint density at radius 3 is 2.44 bits per heavy atom. The van der Waals surface area contributed by atoms with Gasteiger partial charge in [-0.15, -0.1) is 0 Å². The van der Waals surface area contributed by atoms with Crippen molar-refractivity contribution in [3.8, 4) is 0 Å². The third-order valence-electron chi connectivity index (χ3n) is 4.23. The van der Waals surface area contributed by atoms with Crippen molar-refractivity contribution in [3.05, 3.63) is 24.3 Å². The lowest BCUT2D eigenvalue weighted by Crippen LogP contribution is -1.98. The normalized spacial score (nSPS) is 25.4. The van der Waals surface area contributed by atoms with Gasteiger partial charge in [-0.05, 0) is 24.7 Å². The molecule has 0 aromatic carbocycles. The third-order valence-corrected chi connectivity index (χ3v) is 4.23. The van der Waals surface area contributed by atoms with Crippen LogP contribution in [0.15, 0.2) is 24.3 Å². The molecule has 1 unspecified atom stereocenters. The first-order chi connectivity index (χ1) is 7.95. The summed E-state index contributed by atoms with van der Waals surface area (Å²) in [5.41, 5.74) is 0. The Kier molecular flexibility index (Phi) is 5.18. The van der Waals surface area contributed by atoms with Crippen molar-refractivity contribution in [1.29, 1.82) is 0 Å². The van der Waals surface area contributed by atoms with Crippen LogP contribution in [0.1, 0.15) is 64.2 Å². The van der Waals surface area contributed by atoms with Gasteiger partial charge in [0.15, 0.2) is 0 Å².